The van der Waals surface area contributed by atoms with Gasteiger partial charge < -0.3 is 0 Å². The van der Waals surface area contributed by atoms with Gasteiger partial charge in [0.2, 0.25) is 20.0 Å². The molecule has 1 rings (SSSR count). The van der Waals surface area contributed by atoms with Crippen LogP contribution in [-0.4, -0.2) is 41.9 Å². The van der Waals surface area contributed by atoms with E-state index in [0.29, 0.717) is 22.7 Å². The van der Waals surface area contributed by atoms with Gasteiger partial charge in [-0.1, -0.05) is 18.5 Å². The second kappa shape index (κ2) is 7.63. The summed E-state index contributed by atoms with van der Waals surface area (Å²) in [6.07, 6.45) is 1.59. The lowest BCUT2D eigenvalue weighted by Crippen LogP contribution is -2.39. The number of anilines is 1. The molecule has 0 saturated carbocycles. The lowest BCUT2D eigenvalue weighted by molar-refractivity contribution is 0.577. The zero-order chi connectivity index (χ0) is 17.0. The summed E-state index contributed by atoms with van der Waals surface area (Å²) in [7, 11) is -6.89. The number of sulfonamides is 2. The molecule has 0 radical (unpaired) electrons. The van der Waals surface area contributed by atoms with Crippen molar-refractivity contribution in [3.8, 4) is 0 Å². The Kier molecular flexibility index (Phi) is 6.66. The maximum Gasteiger partial charge on any atom is 0.232 e. The summed E-state index contributed by atoms with van der Waals surface area (Å²) in [6, 6.07) is 4.87. The first-order valence-electron chi connectivity index (χ1n) is 6.78. The molecule has 0 aromatic heterocycles. The average Bonchev–Trinajstić information content (AvgIpc) is 2.34. The van der Waals surface area contributed by atoms with Crippen LogP contribution < -0.4 is 9.03 Å². The topological polar surface area (TPSA) is 83.6 Å². The van der Waals surface area contributed by atoms with Crippen LogP contribution in [0.3, 0.4) is 0 Å². The molecule has 22 heavy (non-hydrogen) atoms. The molecule has 0 unspecified atom stereocenters. The molecule has 1 aromatic carbocycles. The van der Waals surface area contributed by atoms with Gasteiger partial charge in [-0.25, -0.2) is 21.6 Å². The Morgan fingerprint density at radius 1 is 1.23 bits per heavy atom. The fraction of sp³-hybridized carbons (Fsp3) is 0.538. The fourth-order valence-electron chi connectivity index (χ4n) is 2.01. The smallest absolute Gasteiger partial charge is 0.232 e. The first-order chi connectivity index (χ1) is 10.1. The van der Waals surface area contributed by atoms with Gasteiger partial charge in [0.25, 0.3) is 0 Å². The van der Waals surface area contributed by atoms with E-state index in [1.54, 1.807) is 32.0 Å². The van der Waals surface area contributed by atoms with E-state index in [2.05, 4.69) is 4.72 Å². The zero-order valence-corrected chi connectivity index (χ0v) is 15.2. The highest BCUT2D eigenvalue weighted by atomic mass is 35.5. The van der Waals surface area contributed by atoms with Crippen molar-refractivity contribution in [3.05, 3.63) is 28.8 Å². The van der Waals surface area contributed by atoms with E-state index in [4.69, 9.17) is 11.6 Å². The molecule has 0 aliphatic heterocycles. The van der Waals surface area contributed by atoms with Crippen LogP contribution in [0.2, 0.25) is 5.02 Å². The standard InChI is InChI=1S/C13H21ClN2O4S2/c1-4-9-22(19,20)15-7-8-16(21(3,17)18)13-6-5-12(14)10-11(13)2/h5-6,10,15H,4,7-9H2,1-3H3. The summed E-state index contributed by atoms with van der Waals surface area (Å²) in [6.45, 7) is 3.54. The van der Waals surface area contributed by atoms with Crippen molar-refractivity contribution in [2.45, 2.75) is 20.3 Å². The molecule has 0 aliphatic carbocycles. The first kappa shape index (κ1) is 19.2. The quantitative estimate of drug-likeness (QED) is 0.757. The largest absolute Gasteiger partial charge is 0.269 e. The Labute approximate surface area is 137 Å². The van der Waals surface area contributed by atoms with Crippen LogP contribution in [0.5, 0.6) is 0 Å². The van der Waals surface area contributed by atoms with Crippen LogP contribution in [0.4, 0.5) is 5.69 Å². The summed E-state index contributed by atoms with van der Waals surface area (Å²) < 4.78 is 50.7. The third-order valence-electron chi connectivity index (χ3n) is 2.94. The van der Waals surface area contributed by atoms with Gasteiger partial charge in [0.05, 0.1) is 17.7 Å². The number of rotatable bonds is 8. The van der Waals surface area contributed by atoms with Crippen molar-refractivity contribution in [2.24, 2.45) is 0 Å². The molecule has 0 fully saturated rings. The summed E-state index contributed by atoms with van der Waals surface area (Å²) >= 11 is 5.88. The van der Waals surface area contributed by atoms with Gasteiger partial charge in [-0.3, -0.25) is 4.31 Å². The van der Waals surface area contributed by atoms with Gasteiger partial charge in [0.15, 0.2) is 0 Å². The Morgan fingerprint density at radius 2 is 1.86 bits per heavy atom. The van der Waals surface area contributed by atoms with Gasteiger partial charge in [-0.2, -0.15) is 0 Å². The predicted molar refractivity (Wildman–Crippen MR) is 90.5 cm³/mol. The van der Waals surface area contributed by atoms with E-state index in [0.717, 1.165) is 6.26 Å². The van der Waals surface area contributed by atoms with Crippen molar-refractivity contribution in [2.75, 3.05) is 29.4 Å². The molecule has 0 amide bonds. The molecule has 0 saturated heterocycles. The third kappa shape index (κ3) is 5.75. The van der Waals surface area contributed by atoms with Crippen LogP contribution in [0, 0.1) is 6.92 Å². The second-order valence-electron chi connectivity index (χ2n) is 4.98. The number of nitrogens with one attached hydrogen (secondary N) is 1. The van der Waals surface area contributed by atoms with E-state index in [-0.39, 0.29) is 18.8 Å². The molecule has 0 spiro atoms. The van der Waals surface area contributed by atoms with Crippen LogP contribution >= 0.6 is 11.6 Å². The van der Waals surface area contributed by atoms with Gasteiger partial charge >= 0.3 is 0 Å². The SMILES string of the molecule is CCCS(=O)(=O)NCCN(c1ccc(Cl)cc1C)S(C)(=O)=O. The second-order valence-corrected chi connectivity index (χ2v) is 9.25. The molecule has 1 aromatic rings. The maximum atomic E-state index is 12.0. The lowest BCUT2D eigenvalue weighted by Gasteiger charge is -2.24. The molecule has 0 aliphatic rings. The number of hydrogen-bond acceptors (Lipinski definition) is 4. The minimum atomic E-state index is -3.53. The van der Waals surface area contributed by atoms with Crippen molar-refractivity contribution >= 4 is 37.3 Å². The van der Waals surface area contributed by atoms with E-state index >= 15 is 0 Å². The van der Waals surface area contributed by atoms with Gasteiger partial charge in [0.1, 0.15) is 0 Å². The maximum absolute atomic E-state index is 12.0. The highest BCUT2D eigenvalue weighted by Crippen LogP contribution is 2.25. The summed E-state index contributed by atoms with van der Waals surface area (Å²) in [4.78, 5) is 0. The van der Waals surface area contributed by atoms with E-state index in [1.165, 1.54) is 4.31 Å². The van der Waals surface area contributed by atoms with Crippen molar-refractivity contribution in [3.63, 3.8) is 0 Å². The molecular weight excluding hydrogens is 348 g/mol. The molecule has 0 heterocycles. The third-order valence-corrected chi connectivity index (χ3v) is 5.94. The van der Waals surface area contributed by atoms with Crippen LogP contribution in [0.1, 0.15) is 18.9 Å². The van der Waals surface area contributed by atoms with Crippen molar-refractivity contribution in [1.82, 2.24) is 4.72 Å². The number of hydrogen-bond donors (Lipinski definition) is 1. The Hall–Kier alpha value is -0.830. The number of nitrogens with zero attached hydrogens (tertiary/aromatic N) is 1. The minimum Gasteiger partial charge on any atom is -0.269 e. The van der Waals surface area contributed by atoms with E-state index < -0.39 is 20.0 Å². The average molecular weight is 369 g/mol. The number of halogens is 1. The van der Waals surface area contributed by atoms with Crippen LogP contribution in [0.25, 0.3) is 0 Å². The molecule has 0 bridgehead atoms. The number of benzene rings is 1. The van der Waals surface area contributed by atoms with E-state index in [9.17, 15) is 16.8 Å². The van der Waals surface area contributed by atoms with Crippen molar-refractivity contribution < 1.29 is 16.8 Å². The molecule has 126 valence electrons. The fourth-order valence-corrected chi connectivity index (χ4v) is 4.30. The van der Waals surface area contributed by atoms with Crippen molar-refractivity contribution in [1.29, 1.82) is 0 Å². The summed E-state index contributed by atoms with van der Waals surface area (Å²) in [5, 5.41) is 0.512. The number of aryl methyl sites for hydroxylation is 1. The Morgan fingerprint density at radius 3 is 2.36 bits per heavy atom. The Balaban J connectivity index is 2.93. The Bertz CT molecular complexity index is 718. The highest BCUT2D eigenvalue weighted by Gasteiger charge is 2.20. The van der Waals surface area contributed by atoms with E-state index in [1.807, 2.05) is 0 Å². The normalized spacial score (nSPS) is 12.4. The van der Waals surface area contributed by atoms with Gasteiger partial charge in [0, 0.05) is 18.1 Å². The highest BCUT2D eigenvalue weighted by molar-refractivity contribution is 7.92. The molecule has 9 heteroatoms. The monoisotopic (exact) mass is 368 g/mol. The van der Waals surface area contributed by atoms with Gasteiger partial charge in [-0.05, 0) is 37.1 Å². The van der Waals surface area contributed by atoms with Gasteiger partial charge in [-0.15, -0.1) is 0 Å². The predicted octanol–water partition coefficient (Wildman–Crippen LogP) is 1.74. The molecule has 1 N–H and O–H groups in total. The van der Waals surface area contributed by atoms with Crippen LogP contribution in [-0.2, 0) is 20.0 Å². The molecule has 6 nitrogen and oxygen atoms in total. The molecule has 0 atom stereocenters. The van der Waals surface area contributed by atoms with Crippen LogP contribution in [0.15, 0.2) is 18.2 Å². The first-order valence-corrected chi connectivity index (χ1v) is 10.7. The molecular formula is C13H21ClN2O4S2. The summed E-state index contributed by atoms with van der Waals surface area (Å²) in [5.41, 5.74) is 1.19. The zero-order valence-electron chi connectivity index (χ0n) is 12.8. The minimum absolute atomic E-state index is 0.0114. The lowest BCUT2D eigenvalue weighted by atomic mass is 10.2. The summed E-state index contributed by atoms with van der Waals surface area (Å²) in [5.74, 6) is 0.0197.